The number of para-hydroxylation sites is 2. The standard InChI is InChI=1S/C18H17F3N2O/c19-18(20,21)14-6-2-3-7-15(14)22-11-9-17(24)23-12-10-13-5-1-4-8-16(13)23/h1-8,22H,9-12H2. The molecule has 1 N–H and O–H groups in total. The zero-order valence-electron chi connectivity index (χ0n) is 12.9. The zero-order valence-corrected chi connectivity index (χ0v) is 12.9. The van der Waals surface area contributed by atoms with Crippen molar-refractivity contribution in [1.29, 1.82) is 0 Å². The van der Waals surface area contributed by atoms with E-state index in [1.807, 2.05) is 24.3 Å². The number of alkyl halides is 3. The lowest BCUT2D eigenvalue weighted by atomic mass is 10.1. The molecule has 24 heavy (non-hydrogen) atoms. The number of carbonyl (C=O) groups excluding carboxylic acids is 1. The van der Waals surface area contributed by atoms with Crippen LogP contribution in [0, 0.1) is 0 Å². The average Bonchev–Trinajstić information content (AvgIpc) is 2.98. The lowest BCUT2D eigenvalue weighted by Gasteiger charge is -2.18. The molecule has 2 aromatic carbocycles. The summed E-state index contributed by atoms with van der Waals surface area (Å²) < 4.78 is 38.8. The second-order valence-electron chi connectivity index (χ2n) is 5.64. The number of nitrogens with one attached hydrogen (secondary N) is 1. The Labute approximate surface area is 138 Å². The summed E-state index contributed by atoms with van der Waals surface area (Å²) in [5, 5.41) is 2.73. The summed E-state index contributed by atoms with van der Waals surface area (Å²) in [7, 11) is 0. The van der Waals surface area contributed by atoms with Gasteiger partial charge in [-0.25, -0.2) is 0 Å². The van der Waals surface area contributed by atoms with Gasteiger partial charge in [0.2, 0.25) is 5.91 Å². The van der Waals surface area contributed by atoms with E-state index >= 15 is 0 Å². The molecular formula is C18H17F3N2O. The molecular weight excluding hydrogens is 317 g/mol. The highest BCUT2D eigenvalue weighted by molar-refractivity contribution is 5.95. The van der Waals surface area contributed by atoms with Crippen molar-refractivity contribution < 1.29 is 18.0 Å². The van der Waals surface area contributed by atoms with E-state index in [0.717, 1.165) is 23.7 Å². The number of nitrogens with zero attached hydrogens (tertiary/aromatic N) is 1. The zero-order chi connectivity index (χ0) is 17.2. The largest absolute Gasteiger partial charge is 0.418 e. The maximum absolute atomic E-state index is 12.9. The summed E-state index contributed by atoms with van der Waals surface area (Å²) >= 11 is 0. The molecule has 0 bridgehead atoms. The molecule has 6 heteroatoms. The first-order chi connectivity index (χ1) is 11.5. The molecule has 0 spiro atoms. The highest BCUT2D eigenvalue weighted by Gasteiger charge is 2.33. The summed E-state index contributed by atoms with van der Waals surface area (Å²) in [6.07, 6.45) is -3.46. The minimum absolute atomic E-state index is 0.000350. The van der Waals surface area contributed by atoms with E-state index in [-0.39, 0.29) is 24.6 Å². The lowest BCUT2D eigenvalue weighted by Crippen LogP contribution is -2.30. The Hall–Kier alpha value is -2.50. The molecule has 3 nitrogen and oxygen atoms in total. The van der Waals surface area contributed by atoms with E-state index in [1.165, 1.54) is 18.2 Å². The number of halogens is 3. The first-order valence-electron chi connectivity index (χ1n) is 7.75. The van der Waals surface area contributed by atoms with Gasteiger partial charge in [-0.3, -0.25) is 4.79 Å². The van der Waals surface area contributed by atoms with Gasteiger partial charge in [0, 0.05) is 30.9 Å². The molecule has 3 rings (SSSR count). The van der Waals surface area contributed by atoms with Crippen molar-refractivity contribution >= 4 is 17.3 Å². The Morgan fingerprint density at radius 3 is 2.58 bits per heavy atom. The number of rotatable bonds is 4. The summed E-state index contributed by atoms with van der Waals surface area (Å²) in [5.74, 6) is -0.0862. The van der Waals surface area contributed by atoms with E-state index < -0.39 is 11.7 Å². The summed E-state index contributed by atoms with van der Waals surface area (Å²) in [5.41, 5.74) is 1.31. The fraction of sp³-hybridized carbons (Fsp3) is 0.278. The molecule has 0 radical (unpaired) electrons. The Balaban J connectivity index is 1.61. The van der Waals surface area contributed by atoms with Gasteiger partial charge in [-0.15, -0.1) is 0 Å². The van der Waals surface area contributed by atoms with Gasteiger partial charge in [-0.1, -0.05) is 30.3 Å². The lowest BCUT2D eigenvalue weighted by molar-refractivity contribution is -0.137. The number of hydrogen-bond acceptors (Lipinski definition) is 2. The summed E-state index contributed by atoms with van der Waals surface area (Å²) in [4.78, 5) is 14.0. The Kier molecular flexibility index (Phi) is 4.46. The van der Waals surface area contributed by atoms with Gasteiger partial charge in [0.05, 0.1) is 5.56 Å². The van der Waals surface area contributed by atoms with E-state index in [4.69, 9.17) is 0 Å². The monoisotopic (exact) mass is 334 g/mol. The normalized spacial score (nSPS) is 13.7. The maximum atomic E-state index is 12.9. The van der Waals surface area contributed by atoms with E-state index in [0.29, 0.717) is 6.54 Å². The van der Waals surface area contributed by atoms with Gasteiger partial charge >= 0.3 is 6.18 Å². The molecule has 0 aliphatic carbocycles. The van der Waals surface area contributed by atoms with Crippen molar-refractivity contribution in [1.82, 2.24) is 0 Å². The average molecular weight is 334 g/mol. The van der Waals surface area contributed by atoms with E-state index in [2.05, 4.69) is 5.32 Å². The van der Waals surface area contributed by atoms with Crippen LogP contribution in [0.2, 0.25) is 0 Å². The topological polar surface area (TPSA) is 32.3 Å². The van der Waals surface area contributed by atoms with Gasteiger partial charge in [0.25, 0.3) is 0 Å². The molecule has 0 saturated heterocycles. The molecule has 1 amide bonds. The second-order valence-corrected chi connectivity index (χ2v) is 5.64. The van der Waals surface area contributed by atoms with Crippen LogP contribution in [-0.2, 0) is 17.4 Å². The number of anilines is 2. The van der Waals surface area contributed by atoms with Gasteiger partial charge in [0.15, 0.2) is 0 Å². The third-order valence-corrected chi connectivity index (χ3v) is 4.07. The van der Waals surface area contributed by atoms with Crippen molar-refractivity contribution in [3.05, 3.63) is 59.7 Å². The number of amides is 1. The number of fused-ring (bicyclic) bond motifs is 1. The van der Waals surface area contributed by atoms with E-state index in [9.17, 15) is 18.0 Å². The second kappa shape index (κ2) is 6.55. The summed E-state index contributed by atoms with van der Waals surface area (Å²) in [6.45, 7) is 0.780. The Morgan fingerprint density at radius 2 is 1.79 bits per heavy atom. The molecule has 1 heterocycles. The fourth-order valence-corrected chi connectivity index (χ4v) is 2.92. The van der Waals surface area contributed by atoms with Gasteiger partial charge < -0.3 is 10.2 Å². The van der Waals surface area contributed by atoms with Gasteiger partial charge in [-0.05, 0) is 30.2 Å². The third-order valence-electron chi connectivity index (χ3n) is 4.07. The highest BCUT2D eigenvalue weighted by Crippen LogP contribution is 2.34. The molecule has 0 fully saturated rings. The van der Waals surface area contributed by atoms with Crippen LogP contribution in [-0.4, -0.2) is 19.0 Å². The number of hydrogen-bond donors (Lipinski definition) is 1. The number of benzene rings is 2. The Morgan fingerprint density at radius 1 is 1.08 bits per heavy atom. The van der Waals surface area contributed by atoms with Crippen molar-refractivity contribution in [2.45, 2.75) is 19.0 Å². The predicted octanol–water partition coefficient (Wildman–Crippen LogP) is 4.10. The summed E-state index contributed by atoms with van der Waals surface area (Å²) in [6, 6.07) is 13.0. The third kappa shape index (κ3) is 3.37. The molecule has 0 saturated carbocycles. The Bertz CT molecular complexity index is 743. The first kappa shape index (κ1) is 16.4. The van der Waals surface area contributed by atoms with Crippen LogP contribution in [0.15, 0.2) is 48.5 Å². The minimum atomic E-state index is -4.42. The minimum Gasteiger partial charge on any atom is -0.384 e. The van der Waals surface area contributed by atoms with Crippen molar-refractivity contribution in [3.8, 4) is 0 Å². The molecule has 0 aromatic heterocycles. The molecule has 2 aromatic rings. The van der Waals surface area contributed by atoms with Crippen LogP contribution in [0.5, 0.6) is 0 Å². The molecule has 0 atom stereocenters. The molecule has 0 unspecified atom stereocenters. The van der Waals surface area contributed by atoms with Crippen LogP contribution in [0.1, 0.15) is 17.5 Å². The molecule has 1 aliphatic heterocycles. The van der Waals surface area contributed by atoms with Crippen LogP contribution in [0.3, 0.4) is 0 Å². The SMILES string of the molecule is O=C(CCNc1ccccc1C(F)(F)F)N1CCc2ccccc21. The maximum Gasteiger partial charge on any atom is 0.418 e. The highest BCUT2D eigenvalue weighted by atomic mass is 19.4. The molecule has 126 valence electrons. The van der Waals surface area contributed by atoms with Crippen LogP contribution < -0.4 is 10.2 Å². The fourth-order valence-electron chi connectivity index (χ4n) is 2.92. The number of carbonyl (C=O) groups is 1. The van der Waals surface area contributed by atoms with Crippen LogP contribution in [0.4, 0.5) is 24.5 Å². The van der Waals surface area contributed by atoms with Crippen LogP contribution >= 0.6 is 0 Å². The smallest absolute Gasteiger partial charge is 0.384 e. The van der Waals surface area contributed by atoms with Crippen molar-refractivity contribution in [2.24, 2.45) is 0 Å². The van der Waals surface area contributed by atoms with Gasteiger partial charge in [-0.2, -0.15) is 13.2 Å². The molecule has 1 aliphatic rings. The quantitative estimate of drug-likeness (QED) is 0.913. The van der Waals surface area contributed by atoms with Gasteiger partial charge in [0.1, 0.15) is 0 Å². The van der Waals surface area contributed by atoms with Crippen molar-refractivity contribution in [2.75, 3.05) is 23.3 Å². The van der Waals surface area contributed by atoms with E-state index in [1.54, 1.807) is 4.90 Å². The first-order valence-corrected chi connectivity index (χ1v) is 7.75. The van der Waals surface area contributed by atoms with Crippen LogP contribution in [0.25, 0.3) is 0 Å². The predicted molar refractivity (Wildman–Crippen MR) is 87.0 cm³/mol. The van der Waals surface area contributed by atoms with Crippen molar-refractivity contribution in [3.63, 3.8) is 0 Å².